The molecule has 0 aromatic heterocycles. The highest BCUT2D eigenvalue weighted by Crippen LogP contribution is 1.98. The number of rotatable bonds is 5. The second-order valence-corrected chi connectivity index (χ2v) is 4.83. The first-order valence-electron chi connectivity index (χ1n) is 4.10. The molecule has 0 aliphatic rings. The van der Waals surface area contributed by atoms with Crippen molar-refractivity contribution >= 4 is 10.2 Å². The van der Waals surface area contributed by atoms with Crippen molar-refractivity contribution in [2.24, 2.45) is 0 Å². The molecule has 0 aromatic carbocycles. The molecule has 0 spiro atoms. The normalized spacial score (nSPS) is 14.1. The second kappa shape index (κ2) is 5.22. The van der Waals surface area contributed by atoms with Crippen molar-refractivity contribution in [3.05, 3.63) is 0 Å². The molecular weight excluding hydrogens is 188 g/mol. The molecule has 0 aliphatic carbocycles. The van der Waals surface area contributed by atoms with E-state index in [-0.39, 0.29) is 0 Å². The third-order valence-corrected chi connectivity index (χ3v) is 3.09. The first-order valence-corrected chi connectivity index (χ1v) is 5.54. The SMILES string of the molecule is C#CC(CCC)NS(=O)(=O)N(C)C. The molecule has 0 fully saturated rings. The van der Waals surface area contributed by atoms with Gasteiger partial charge in [-0.15, -0.1) is 6.42 Å². The predicted molar refractivity (Wildman–Crippen MR) is 53.3 cm³/mol. The van der Waals surface area contributed by atoms with E-state index in [1.807, 2.05) is 6.92 Å². The van der Waals surface area contributed by atoms with Crippen LogP contribution in [0.1, 0.15) is 19.8 Å². The van der Waals surface area contributed by atoms with E-state index in [9.17, 15) is 8.42 Å². The van der Waals surface area contributed by atoms with Gasteiger partial charge in [-0.1, -0.05) is 19.3 Å². The fourth-order valence-corrected chi connectivity index (χ4v) is 1.51. The Hall–Kier alpha value is -0.570. The van der Waals surface area contributed by atoms with Gasteiger partial charge in [0, 0.05) is 14.1 Å². The number of nitrogens with zero attached hydrogens (tertiary/aromatic N) is 1. The Bertz CT molecular complexity index is 277. The Labute approximate surface area is 80.5 Å². The average molecular weight is 204 g/mol. The van der Waals surface area contributed by atoms with Crippen LogP contribution in [-0.4, -0.2) is 32.9 Å². The van der Waals surface area contributed by atoms with Crippen molar-refractivity contribution in [3.63, 3.8) is 0 Å². The number of nitrogens with one attached hydrogen (secondary N) is 1. The molecule has 5 heteroatoms. The van der Waals surface area contributed by atoms with Crippen LogP contribution < -0.4 is 4.72 Å². The Kier molecular flexibility index (Phi) is 4.99. The molecule has 0 bridgehead atoms. The second-order valence-electron chi connectivity index (χ2n) is 2.91. The highest BCUT2D eigenvalue weighted by Gasteiger charge is 2.17. The van der Waals surface area contributed by atoms with Gasteiger partial charge >= 0.3 is 0 Å². The quantitative estimate of drug-likeness (QED) is 0.650. The summed E-state index contributed by atoms with van der Waals surface area (Å²) < 4.78 is 26.1. The van der Waals surface area contributed by atoms with E-state index in [0.29, 0.717) is 6.42 Å². The summed E-state index contributed by atoms with van der Waals surface area (Å²) in [5.74, 6) is 2.40. The van der Waals surface area contributed by atoms with E-state index in [1.54, 1.807) is 0 Å². The lowest BCUT2D eigenvalue weighted by molar-refractivity contribution is 0.494. The molecule has 1 N–H and O–H groups in total. The Morgan fingerprint density at radius 2 is 2.08 bits per heavy atom. The van der Waals surface area contributed by atoms with Gasteiger partial charge in [-0.05, 0) is 6.42 Å². The van der Waals surface area contributed by atoms with E-state index in [0.717, 1.165) is 10.7 Å². The van der Waals surface area contributed by atoms with Crippen LogP contribution in [-0.2, 0) is 10.2 Å². The van der Waals surface area contributed by atoms with Crippen LogP contribution in [0.3, 0.4) is 0 Å². The summed E-state index contributed by atoms with van der Waals surface area (Å²) in [7, 11) is -0.471. The highest BCUT2D eigenvalue weighted by atomic mass is 32.2. The third-order valence-electron chi connectivity index (χ3n) is 1.55. The number of hydrogen-bond donors (Lipinski definition) is 1. The minimum absolute atomic E-state index is 0.405. The summed E-state index contributed by atoms with van der Waals surface area (Å²) in [5.41, 5.74) is 0. The van der Waals surface area contributed by atoms with Crippen LogP contribution in [0, 0.1) is 12.3 Å². The molecule has 4 nitrogen and oxygen atoms in total. The molecular formula is C8H16N2O2S. The van der Waals surface area contributed by atoms with Crippen molar-refractivity contribution in [2.75, 3.05) is 14.1 Å². The first-order chi connectivity index (χ1) is 5.94. The maximum atomic E-state index is 11.3. The topological polar surface area (TPSA) is 49.4 Å². The highest BCUT2D eigenvalue weighted by molar-refractivity contribution is 7.87. The van der Waals surface area contributed by atoms with Crippen LogP contribution >= 0.6 is 0 Å². The van der Waals surface area contributed by atoms with Gasteiger partial charge in [0.1, 0.15) is 0 Å². The zero-order chi connectivity index (χ0) is 10.5. The van der Waals surface area contributed by atoms with Crippen molar-refractivity contribution < 1.29 is 8.42 Å². The van der Waals surface area contributed by atoms with Crippen molar-refractivity contribution in [3.8, 4) is 12.3 Å². The van der Waals surface area contributed by atoms with Crippen molar-refractivity contribution in [1.29, 1.82) is 0 Å². The van der Waals surface area contributed by atoms with E-state index in [4.69, 9.17) is 6.42 Å². The predicted octanol–water partition coefficient (Wildman–Crippen LogP) is 0.184. The molecule has 0 rings (SSSR count). The number of hydrogen-bond acceptors (Lipinski definition) is 2. The Morgan fingerprint density at radius 3 is 2.38 bits per heavy atom. The van der Waals surface area contributed by atoms with Gasteiger partial charge in [-0.3, -0.25) is 0 Å². The van der Waals surface area contributed by atoms with E-state index >= 15 is 0 Å². The molecule has 0 amide bonds. The van der Waals surface area contributed by atoms with Crippen LogP contribution in [0.25, 0.3) is 0 Å². The lowest BCUT2D eigenvalue weighted by Crippen LogP contribution is -2.41. The van der Waals surface area contributed by atoms with Gasteiger partial charge in [0.25, 0.3) is 10.2 Å². The summed E-state index contributed by atoms with van der Waals surface area (Å²) in [6.45, 7) is 1.95. The minimum atomic E-state index is -3.39. The molecule has 0 aliphatic heterocycles. The summed E-state index contributed by atoms with van der Waals surface area (Å²) in [5, 5.41) is 0. The van der Waals surface area contributed by atoms with E-state index in [1.165, 1.54) is 14.1 Å². The zero-order valence-electron chi connectivity index (χ0n) is 8.24. The Morgan fingerprint density at radius 1 is 1.54 bits per heavy atom. The van der Waals surface area contributed by atoms with Gasteiger partial charge in [-0.2, -0.15) is 17.4 Å². The molecule has 13 heavy (non-hydrogen) atoms. The summed E-state index contributed by atoms with van der Waals surface area (Å²) in [6.07, 6.45) is 6.68. The maximum Gasteiger partial charge on any atom is 0.280 e. The summed E-state index contributed by atoms with van der Waals surface area (Å²) in [4.78, 5) is 0. The molecule has 0 saturated carbocycles. The minimum Gasteiger partial charge on any atom is -0.195 e. The van der Waals surface area contributed by atoms with Crippen molar-refractivity contribution in [2.45, 2.75) is 25.8 Å². The van der Waals surface area contributed by atoms with Crippen LogP contribution in [0.4, 0.5) is 0 Å². The van der Waals surface area contributed by atoms with Crippen LogP contribution in [0.15, 0.2) is 0 Å². The smallest absolute Gasteiger partial charge is 0.195 e. The third kappa shape index (κ3) is 4.27. The molecule has 76 valence electrons. The maximum absolute atomic E-state index is 11.3. The average Bonchev–Trinajstić information content (AvgIpc) is 2.03. The van der Waals surface area contributed by atoms with Gasteiger partial charge < -0.3 is 0 Å². The van der Waals surface area contributed by atoms with Gasteiger partial charge in [0.2, 0.25) is 0 Å². The summed E-state index contributed by atoms with van der Waals surface area (Å²) in [6, 6.07) is -0.405. The molecule has 1 unspecified atom stereocenters. The van der Waals surface area contributed by atoms with Crippen LogP contribution in [0.5, 0.6) is 0 Å². The molecule has 0 saturated heterocycles. The monoisotopic (exact) mass is 204 g/mol. The van der Waals surface area contributed by atoms with Crippen LogP contribution in [0.2, 0.25) is 0 Å². The molecule has 0 aromatic rings. The van der Waals surface area contributed by atoms with Gasteiger partial charge in [0.05, 0.1) is 6.04 Å². The lowest BCUT2D eigenvalue weighted by Gasteiger charge is -2.16. The van der Waals surface area contributed by atoms with Gasteiger partial charge in [-0.25, -0.2) is 0 Å². The molecule has 1 atom stereocenters. The molecule has 0 radical (unpaired) electrons. The van der Waals surface area contributed by atoms with Gasteiger partial charge in [0.15, 0.2) is 0 Å². The fourth-order valence-electron chi connectivity index (χ4n) is 0.750. The van der Waals surface area contributed by atoms with E-state index < -0.39 is 16.3 Å². The zero-order valence-corrected chi connectivity index (χ0v) is 9.06. The Balaban J connectivity index is 4.34. The number of terminal acetylenes is 1. The first kappa shape index (κ1) is 12.4. The molecule has 0 heterocycles. The van der Waals surface area contributed by atoms with Crippen molar-refractivity contribution in [1.82, 2.24) is 9.03 Å². The summed E-state index contributed by atoms with van der Waals surface area (Å²) >= 11 is 0. The van der Waals surface area contributed by atoms with E-state index in [2.05, 4.69) is 10.6 Å². The fraction of sp³-hybridized carbons (Fsp3) is 0.750. The largest absolute Gasteiger partial charge is 0.280 e. The lowest BCUT2D eigenvalue weighted by atomic mass is 10.2. The standard InChI is InChI=1S/C8H16N2O2S/c1-5-7-8(6-2)9-13(11,12)10(3)4/h2,8-9H,5,7H2,1,3-4H3.